The van der Waals surface area contributed by atoms with Crippen molar-refractivity contribution in [2.24, 2.45) is 5.41 Å². The van der Waals surface area contributed by atoms with Crippen LogP contribution in [0.15, 0.2) is 48.7 Å². The Morgan fingerprint density at radius 2 is 1.84 bits per heavy atom. The minimum Gasteiger partial charge on any atom is -0.496 e. The summed E-state index contributed by atoms with van der Waals surface area (Å²) in [5.74, 6) is -1.78. The lowest BCUT2D eigenvalue weighted by Gasteiger charge is -2.54. The second kappa shape index (κ2) is 9.12. The normalized spacial score (nSPS) is 21.1. The summed E-state index contributed by atoms with van der Waals surface area (Å²) in [6, 6.07) is 14.1. The molecule has 2 heterocycles. The van der Waals surface area contributed by atoms with Gasteiger partial charge in [-0.15, -0.1) is 0 Å². The molecule has 0 N–H and O–H groups in total. The molecule has 1 aromatic heterocycles. The van der Waals surface area contributed by atoms with E-state index in [-0.39, 0.29) is 24.3 Å². The van der Waals surface area contributed by atoms with Gasteiger partial charge in [0.05, 0.1) is 12.6 Å². The predicted octanol–water partition coefficient (Wildman–Crippen LogP) is 7.49. The molecular weight excluding hydrogens is 474 g/mol. The average molecular weight is 511 g/mol. The minimum absolute atomic E-state index is 0.0198. The van der Waals surface area contributed by atoms with E-state index in [9.17, 15) is 13.6 Å². The van der Waals surface area contributed by atoms with Gasteiger partial charge in [0.2, 0.25) is 5.92 Å². The maximum absolute atomic E-state index is 14.0. The Morgan fingerprint density at radius 3 is 2.46 bits per heavy atom. The zero-order chi connectivity index (χ0) is 26.6. The Balaban J connectivity index is 1.52. The van der Waals surface area contributed by atoms with Crippen molar-refractivity contribution in [3.8, 4) is 5.75 Å². The second-order valence-corrected chi connectivity index (χ2v) is 11.9. The average Bonchev–Trinajstić information content (AvgIpc) is 3.26. The summed E-state index contributed by atoms with van der Waals surface area (Å²) in [6.07, 6.45) is 2.76. The largest absolute Gasteiger partial charge is 0.496 e. The van der Waals surface area contributed by atoms with E-state index >= 15 is 0 Å². The van der Waals surface area contributed by atoms with Gasteiger partial charge in [0.15, 0.2) is 0 Å². The van der Waals surface area contributed by atoms with Gasteiger partial charge in [-0.05, 0) is 75.8 Å². The number of aromatic nitrogens is 1. The topological polar surface area (TPSA) is 43.7 Å². The molecule has 0 amide bonds. The molecule has 198 valence electrons. The van der Waals surface area contributed by atoms with Crippen LogP contribution in [-0.4, -0.2) is 40.7 Å². The van der Waals surface area contributed by atoms with Crippen LogP contribution in [0.4, 0.5) is 13.6 Å². The van der Waals surface area contributed by atoms with Crippen molar-refractivity contribution in [1.82, 2.24) is 9.47 Å². The number of fused-ring (bicyclic) bond motifs is 1. The third-order valence-electron chi connectivity index (χ3n) is 7.85. The van der Waals surface area contributed by atoms with E-state index in [0.29, 0.717) is 13.0 Å². The van der Waals surface area contributed by atoms with E-state index in [0.717, 1.165) is 46.3 Å². The number of carbonyl (C=O) groups excluding carboxylic acids is 1. The molecule has 1 atom stereocenters. The van der Waals surface area contributed by atoms with E-state index in [1.54, 1.807) is 17.9 Å². The van der Waals surface area contributed by atoms with E-state index in [4.69, 9.17) is 9.47 Å². The summed E-state index contributed by atoms with van der Waals surface area (Å²) in [5.41, 5.74) is 2.94. The van der Waals surface area contributed by atoms with Gasteiger partial charge in [0, 0.05) is 42.6 Å². The van der Waals surface area contributed by atoms with E-state index in [2.05, 4.69) is 17.0 Å². The molecule has 0 radical (unpaired) electrons. The maximum Gasteiger partial charge on any atom is 0.419 e. The van der Waals surface area contributed by atoms with Gasteiger partial charge in [-0.25, -0.2) is 13.6 Å². The minimum atomic E-state index is -2.54. The molecule has 1 saturated carbocycles. The number of carbonyl (C=O) groups is 1. The molecule has 3 aromatic rings. The molecule has 2 aromatic carbocycles. The number of aryl methyl sites for hydroxylation is 1. The van der Waals surface area contributed by atoms with Gasteiger partial charge in [0.25, 0.3) is 0 Å². The lowest BCUT2D eigenvalue weighted by atomic mass is 9.59. The molecule has 5 rings (SSSR count). The van der Waals surface area contributed by atoms with Crippen molar-refractivity contribution in [3.05, 3.63) is 65.4 Å². The molecular formula is C30H36F2N2O3. The smallest absolute Gasteiger partial charge is 0.419 e. The summed E-state index contributed by atoms with van der Waals surface area (Å²) in [7, 11) is 1.66. The van der Waals surface area contributed by atoms with Crippen molar-refractivity contribution < 1.29 is 23.0 Å². The van der Waals surface area contributed by atoms with Crippen LogP contribution in [-0.2, 0) is 11.3 Å². The zero-order valence-electron chi connectivity index (χ0n) is 22.3. The summed E-state index contributed by atoms with van der Waals surface area (Å²) < 4.78 is 40.9. The molecule has 1 aliphatic carbocycles. The SMILES string of the molecule is COc1cc(C)c2c(ccn2C(=O)OC(C)(C)C)c1CN1CCC2(C[C@@H]1c1ccccc1)CC(F)(F)C2. The van der Waals surface area contributed by atoms with Gasteiger partial charge in [-0.2, -0.15) is 0 Å². The Labute approximate surface area is 217 Å². The number of nitrogens with zero attached hydrogens (tertiary/aromatic N) is 2. The molecule has 37 heavy (non-hydrogen) atoms. The molecule has 2 fully saturated rings. The third kappa shape index (κ3) is 4.98. The number of piperidine rings is 1. The fraction of sp³-hybridized carbons (Fsp3) is 0.500. The first kappa shape index (κ1) is 25.7. The number of benzene rings is 2. The molecule has 1 aliphatic heterocycles. The number of rotatable bonds is 4. The lowest BCUT2D eigenvalue weighted by Crippen LogP contribution is -2.53. The van der Waals surface area contributed by atoms with Crippen molar-refractivity contribution in [3.63, 3.8) is 0 Å². The fourth-order valence-electron chi connectivity index (χ4n) is 6.31. The Hall–Kier alpha value is -2.93. The van der Waals surface area contributed by atoms with Crippen molar-refractivity contribution in [2.75, 3.05) is 13.7 Å². The van der Waals surface area contributed by atoms with Gasteiger partial charge >= 0.3 is 6.09 Å². The molecule has 0 unspecified atom stereocenters. The van der Waals surface area contributed by atoms with E-state index in [1.807, 2.05) is 58.0 Å². The van der Waals surface area contributed by atoms with Crippen LogP contribution in [0.25, 0.3) is 10.9 Å². The fourth-order valence-corrected chi connectivity index (χ4v) is 6.31. The highest BCUT2D eigenvalue weighted by molar-refractivity contribution is 5.95. The monoisotopic (exact) mass is 510 g/mol. The number of hydrogen-bond donors (Lipinski definition) is 0. The van der Waals surface area contributed by atoms with Crippen LogP contribution in [0, 0.1) is 12.3 Å². The first-order chi connectivity index (χ1) is 17.4. The number of alkyl halides is 2. The van der Waals surface area contributed by atoms with E-state index in [1.165, 1.54) is 0 Å². The highest BCUT2D eigenvalue weighted by Gasteiger charge is 2.58. The van der Waals surface area contributed by atoms with Crippen LogP contribution in [0.2, 0.25) is 0 Å². The summed E-state index contributed by atoms with van der Waals surface area (Å²) in [4.78, 5) is 15.4. The van der Waals surface area contributed by atoms with Crippen molar-refractivity contribution in [2.45, 2.75) is 77.5 Å². The number of likely N-dealkylation sites (tertiary alicyclic amines) is 1. The Kier molecular flexibility index (Phi) is 6.34. The Morgan fingerprint density at radius 1 is 1.14 bits per heavy atom. The van der Waals surface area contributed by atoms with Crippen LogP contribution in [0.1, 0.15) is 69.2 Å². The van der Waals surface area contributed by atoms with Crippen molar-refractivity contribution >= 4 is 17.0 Å². The number of ether oxygens (including phenoxy) is 2. The number of hydrogen-bond acceptors (Lipinski definition) is 4. The highest BCUT2D eigenvalue weighted by Crippen LogP contribution is 2.60. The lowest BCUT2D eigenvalue weighted by molar-refractivity contribution is -0.186. The molecule has 7 heteroatoms. The van der Waals surface area contributed by atoms with Crippen LogP contribution in [0.5, 0.6) is 5.75 Å². The van der Waals surface area contributed by atoms with Gasteiger partial charge in [-0.1, -0.05) is 30.3 Å². The first-order valence-electron chi connectivity index (χ1n) is 13.0. The predicted molar refractivity (Wildman–Crippen MR) is 140 cm³/mol. The van der Waals surface area contributed by atoms with Gasteiger partial charge < -0.3 is 9.47 Å². The van der Waals surface area contributed by atoms with Crippen LogP contribution in [0.3, 0.4) is 0 Å². The summed E-state index contributed by atoms with van der Waals surface area (Å²) in [6.45, 7) is 8.82. The Bertz CT molecular complexity index is 1300. The van der Waals surface area contributed by atoms with Crippen LogP contribution < -0.4 is 4.74 Å². The molecule has 5 nitrogen and oxygen atoms in total. The van der Waals surface area contributed by atoms with Gasteiger partial charge in [0.1, 0.15) is 11.4 Å². The molecule has 0 bridgehead atoms. The zero-order valence-corrected chi connectivity index (χ0v) is 22.3. The summed E-state index contributed by atoms with van der Waals surface area (Å²) in [5, 5.41) is 0.935. The van der Waals surface area contributed by atoms with Crippen molar-refractivity contribution in [1.29, 1.82) is 0 Å². The molecule has 1 spiro atoms. The maximum atomic E-state index is 14.0. The van der Waals surface area contributed by atoms with Crippen LogP contribution >= 0.6 is 0 Å². The first-order valence-corrected chi connectivity index (χ1v) is 13.0. The molecule has 2 aliphatic rings. The summed E-state index contributed by atoms with van der Waals surface area (Å²) >= 11 is 0. The number of halogens is 2. The van der Waals surface area contributed by atoms with E-state index < -0.39 is 17.6 Å². The second-order valence-electron chi connectivity index (χ2n) is 11.9. The third-order valence-corrected chi connectivity index (χ3v) is 7.85. The number of methoxy groups -OCH3 is 1. The molecule has 1 saturated heterocycles. The van der Waals surface area contributed by atoms with Gasteiger partial charge in [-0.3, -0.25) is 9.47 Å². The standard InChI is InChI=1S/C30H36F2N2O3/c1-20-15-25(36-5)23(22-11-13-34(26(20)22)27(35)37-28(2,3)4)17-33-14-12-29(18-30(31,32)19-29)16-24(33)21-9-7-6-8-10-21/h6-11,13,15,24H,12,14,16-19H2,1-5H3/t24-/m1/s1. The quantitative estimate of drug-likeness (QED) is 0.365. The highest BCUT2D eigenvalue weighted by atomic mass is 19.3.